The zero-order valence-corrected chi connectivity index (χ0v) is 10.1. The summed E-state index contributed by atoms with van der Waals surface area (Å²) in [5.41, 5.74) is 5.37. The van der Waals surface area contributed by atoms with Gasteiger partial charge in [-0.25, -0.2) is 0 Å². The summed E-state index contributed by atoms with van der Waals surface area (Å²) in [6.45, 7) is 8.17. The molecule has 0 aliphatic carbocycles. The second kappa shape index (κ2) is 3.49. The molecule has 0 unspecified atom stereocenters. The van der Waals surface area contributed by atoms with E-state index in [0.29, 0.717) is 0 Å². The molecule has 3 rings (SSSR count). The number of rotatable bonds is 1. The molecule has 0 N–H and O–H groups in total. The molecule has 3 aromatic rings. The van der Waals surface area contributed by atoms with Crippen LogP contribution in [-0.4, -0.2) is 0 Å². The van der Waals surface area contributed by atoms with Crippen LogP contribution in [0.1, 0.15) is 18.1 Å². The van der Waals surface area contributed by atoms with Crippen molar-refractivity contribution in [1.82, 2.24) is 0 Å². The summed E-state index contributed by atoms with van der Waals surface area (Å²) in [7, 11) is 0. The lowest BCUT2D eigenvalue weighted by molar-refractivity contribution is 0.669. The van der Waals surface area contributed by atoms with Crippen molar-refractivity contribution in [1.29, 1.82) is 0 Å². The van der Waals surface area contributed by atoms with Gasteiger partial charge in [0, 0.05) is 10.8 Å². The Labute approximate surface area is 100 Å². The molecule has 1 heteroatoms. The minimum Gasteiger partial charge on any atom is -0.456 e. The molecule has 0 amide bonds. The summed E-state index contributed by atoms with van der Waals surface area (Å²) in [6, 6.07) is 12.4. The van der Waals surface area contributed by atoms with Gasteiger partial charge in [-0.15, -0.1) is 0 Å². The molecular formula is C16H14O. The van der Waals surface area contributed by atoms with Gasteiger partial charge in [0.05, 0.1) is 0 Å². The van der Waals surface area contributed by atoms with Crippen molar-refractivity contribution < 1.29 is 4.42 Å². The largest absolute Gasteiger partial charge is 0.456 e. The van der Waals surface area contributed by atoms with Gasteiger partial charge in [-0.2, -0.15) is 0 Å². The first-order valence-electron chi connectivity index (χ1n) is 5.74. The van der Waals surface area contributed by atoms with Gasteiger partial charge in [0.2, 0.25) is 0 Å². The number of benzene rings is 2. The van der Waals surface area contributed by atoms with Crippen molar-refractivity contribution in [3.8, 4) is 0 Å². The summed E-state index contributed by atoms with van der Waals surface area (Å²) in [6.07, 6.45) is 0. The van der Waals surface area contributed by atoms with Crippen LogP contribution >= 0.6 is 0 Å². The first kappa shape index (κ1) is 10.2. The van der Waals surface area contributed by atoms with E-state index in [9.17, 15) is 0 Å². The van der Waals surface area contributed by atoms with Crippen molar-refractivity contribution in [2.75, 3.05) is 0 Å². The predicted octanol–water partition coefficient (Wildman–Crippen LogP) is 4.93. The van der Waals surface area contributed by atoms with Crippen LogP contribution in [0.3, 0.4) is 0 Å². The van der Waals surface area contributed by atoms with Crippen LogP contribution in [0.4, 0.5) is 0 Å². The Balaban J connectivity index is 2.56. The van der Waals surface area contributed by atoms with Crippen molar-refractivity contribution in [3.63, 3.8) is 0 Å². The second-order valence-corrected chi connectivity index (χ2v) is 4.56. The van der Waals surface area contributed by atoms with Gasteiger partial charge < -0.3 is 4.42 Å². The normalized spacial score (nSPS) is 11.2. The first-order chi connectivity index (χ1) is 8.16. The average Bonchev–Trinajstić information content (AvgIpc) is 2.66. The number of hydrogen-bond acceptors (Lipinski definition) is 1. The van der Waals surface area contributed by atoms with Gasteiger partial charge in [0.1, 0.15) is 11.2 Å². The van der Waals surface area contributed by atoms with Gasteiger partial charge in [-0.1, -0.05) is 35.9 Å². The number of furan rings is 1. The molecule has 0 atom stereocenters. The molecule has 0 saturated carbocycles. The smallest absolute Gasteiger partial charge is 0.136 e. The Bertz CT molecular complexity index is 732. The summed E-state index contributed by atoms with van der Waals surface area (Å²) in [5, 5.41) is 2.36. The third kappa shape index (κ3) is 1.47. The summed E-state index contributed by atoms with van der Waals surface area (Å²) < 4.78 is 5.86. The quantitative estimate of drug-likeness (QED) is 0.569. The molecule has 17 heavy (non-hydrogen) atoms. The molecule has 1 nitrogen and oxygen atoms in total. The Morgan fingerprint density at radius 1 is 1.12 bits per heavy atom. The highest BCUT2D eigenvalue weighted by atomic mass is 16.3. The number of hydrogen-bond donors (Lipinski definition) is 0. The van der Waals surface area contributed by atoms with E-state index in [2.05, 4.69) is 31.7 Å². The van der Waals surface area contributed by atoms with E-state index in [-0.39, 0.29) is 0 Å². The fraction of sp³-hybridized carbons (Fsp3) is 0.125. The highest BCUT2D eigenvalue weighted by Crippen LogP contribution is 2.34. The standard InChI is InChI=1S/C16H14O/c1-10(2)12-5-4-6-15-16(12)13-9-11(3)7-8-14(13)17-15/h4-9H,1H2,2-3H3. The van der Waals surface area contributed by atoms with E-state index in [4.69, 9.17) is 4.42 Å². The Morgan fingerprint density at radius 3 is 2.71 bits per heavy atom. The monoisotopic (exact) mass is 222 g/mol. The van der Waals surface area contributed by atoms with Crippen LogP contribution in [0.5, 0.6) is 0 Å². The fourth-order valence-corrected chi connectivity index (χ4v) is 2.30. The molecule has 0 bridgehead atoms. The van der Waals surface area contributed by atoms with Gasteiger partial charge in [-0.3, -0.25) is 0 Å². The molecule has 0 saturated heterocycles. The van der Waals surface area contributed by atoms with E-state index >= 15 is 0 Å². The SMILES string of the molecule is C=C(C)c1cccc2oc3ccc(C)cc3c12. The minimum absolute atomic E-state index is 0.936. The highest BCUT2D eigenvalue weighted by molar-refractivity contribution is 6.10. The molecule has 0 spiro atoms. The Morgan fingerprint density at radius 2 is 1.94 bits per heavy atom. The van der Waals surface area contributed by atoms with Crippen LogP contribution in [0.2, 0.25) is 0 Å². The van der Waals surface area contributed by atoms with E-state index < -0.39 is 0 Å². The van der Waals surface area contributed by atoms with Gasteiger partial charge in [0.15, 0.2) is 0 Å². The van der Waals surface area contributed by atoms with E-state index in [1.807, 2.05) is 25.1 Å². The lowest BCUT2D eigenvalue weighted by Gasteiger charge is -2.01. The Hall–Kier alpha value is -2.02. The minimum atomic E-state index is 0.936. The lowest BCUT2D eigenvalue weighted by Crippen LogP contribution is -1.79. The van der Waals surface area contributed by atoms with Crippen molar-refractivity contribution in [3.05, 3.63) is 54.1 Å². The zero-order chi connectivity index (χ0) is 12.0. The van der Waals surface area contributed by atoms with Crippen molar-refractivity contribution in [2.45, 2.75) is 13.8 Å². The number of aryl methyl sites for hydroxylation is 1. The van der Waals surface area contributed by atoms with E-state index in [1.54, 1.807) is 0 Å². The molecule has 84 valence electrons. The van der Waals surface area contributed by atoms with Crippen molar-refractivity contribution >= 4 is 27.5 Å². The van der Waals surface area contributed by atoms with Crippen LogP contribution in [0.25, 0.3) is 27.5 Å². The topological polar surface area (TPSA) is 13.1 Å². The molecular weight excluding hydrogens is 208 g/mol. The number of fused-ring (bicyclic) bond motifs is 3. The van der Waals surface area contributed by atoms with Crippen LogP contribution in [0, 0.1) is 6.92 Å². The van der Waals surface area contributed by atoms with Crippen LogP contribution in [-0.2, 0) is 0 Å². The molecule has 0 radical (unpaired) electrons. The maximum Gasteiger partial charge on any atom is 0.136 e. The summed E-state index contributed by atoms with van der Waals surface area (Å²) in [5.74, 6) is 0. The van der Waals surface area contributed by atoms with E-state index in [1.165, 1.54) is 21.9 Å². The predicted molar refractivity (Wildman–Crippen MR) is 73.2 cm³/mol. The molecule has 0 aliphatic heterocycles. The highest BCUT2D eigenvalue weighted by Gasteiger charge is 2.10. The third-order valence-corrected chi connectivity index (χ3v) is 3.11. The zero-order valence-electron chi connectivity index (χ0n) is 10.1. The van der Waals surface area contributed by atoms with E-state index in [0.717, 1.165) is 16.7 Å². The maximum atomic E-state index is 5.86. The lowest BCUT2D eigenvalue weighted by atomic mass is 10.0. The maximum absolute atomic E-state index is 5.86. The summed E-state index contributed by atoms with van der Waals surface area (Å²) >= 11 is 0. The molecule has 0 aliphatic rings. The van der Waals surface area contributed by atoms with Crippen LogP contribution < -0.4 is 0 Å². The first-order valence-corrected chi connectivity index (χ1v) is 5.74. The van der Waals surface area contributed by atoms with Gasteiger partial charge in [-0.05, 0) is 37.6 Å². The molecule has 1 aromatic heterocycles. The summed E-state index contributed by atoms with van der Waals surface area (Å²) in [4.78, 5) is 0. The fourth-order valence-electron chi connectivity index (χ4n) is 2.30. The van der Waals surface area contributed by atoms with Gasteiger partial charge in [0.25, 0.3) is 0 Å². The second-order valence-electron chi connectivity index (χ2n) is 4.56. The third-order valence-electron chi connectivity index (χ3n) is 3.11. The molecule has 0 fully saturated rings. The average molecular weight is 222 g/mol. The Kier molecular flexibility index (Phi) is 2.08. The van der Waals surface area contributed by atoms with Gasteiger partial charge >= 0.3 is 0 Å². The van der Waals surface area contributed by atoms with Crippen LogP contribution in [0.15, 0.2) is 47.4 Å². The molecule has 2 aromatic carbocycles. The van der Waals surface area contributed by atoms with Crippen molar-refractivity contribution in [2.24, 2.45) is 0 Å². The number of allylic oxidation sites excluding steroid dienone is 1. The molecule has 1 heterocycles.